The normalized spacial score (nSPS) is 11.3. The third kappa shape index (κ3) is 8.01. The monoisotopic (exact) mass is 183 g/mol. The van der Waals surface area contributed by atoms with Gasteiger partial charge in [-0.2, -0.15) is 8.42 Å². The average molecular weight is 183 g/mol. The molecule has 0 unspecified atom stereocenters. The van der Waals surface area contributed by atoms with Crippen molar-refractivity contribution in [2.75, 3.05) is 19.4 Å². The van der Waals surface area contributed by atoms with Gasteiger partial charge in [0, 0.05) is 6.54 Å². The summed E-state index contributed by atoms with van der Waals surface area (Å²) < 4.78 is 28.7. The zero-order valence-corrected chi connectivity index (χ0v) is 7.52. The number of rotatable bonds is 5. The van der Waals surface area contributed by atoms with E-state index in [2.05, 4.69) is 18.0 Å². The highest BCUT2D eigenvalue weighted by Crippen LogP contribution is 1.90. The summed E-state index contributed by atoms with van der Waals surface area (Å²) in [7, 11) is -0.369. The molecule has 0 saturated heterocycles. The zero-order valence-electron chi connectivity index (χ0n) is 5.70. The number of hydrogen-bond donors (Lipinski definition) is 0. The Morgan fingerprint density at radius 3 is 2.60 bits per heavy atom. The molecule has 0 aliphatic heterocycles. The van der Waals surface area contributed by atoms with Crippen molar-refractivity contribution >= 4 is 19.1 Å². The van der Waals surface area contributed by atoms with Crippen molar-refractivity contribution in [1.82, 2.24) is 0 Å². The number of nitrogens with zero attached hydrogens (tertiary/aromatic N) is 1. The van der Waals surface area contributed by atoms with Gasteiger partial charge in [-0.3, -0.25) is 8.93 Å². The van der Waals surface area contributed by atoms with Gasteiger partial charge in [-0.05, 0) is 15.5 Å². The van der Waals surface area contributed by atoms with Crippen LogP contribution in [0, 0.1) is 0 Å². The molecule has 0 atom stereocenters. The smallest absolute Gasteiger partial charge is 0.264 e. The molecule has 0 heterocycles. The Hall–Kier alpha value is 0.01000. The molecule has 0 radical (unpaired) electrons. The molecule has 0 spiro atoms. The van der Waals surface area contributed by atoms with Crippen LogP contribution in [0.2, 0.25) is 0 Å². The lowest BCUT2D eigenvalue weighted by atomic mass is 10.5. The first-order valence-electron chi connectivity index (χ1n) is 2.74. The molecule has 0 aliphatic carbocycles. The van der Waals surface area contributed by atoms with E-state index in [-0.39, 0.29) is 6.61 Å². The molecule has 0 N–H and O–H groups in total. The van der Waals surface area contributed by atoms with E-state index in [1.54, 1.807) is 0 Å². The van der Waals surface area contributed by atoms with Gasteiger partial charge < -0.3 is 0 Å². The lowest BCUT2D eigenvalue weighted by molar-refractivity contribution is 0.318. The minimum Gasteiger partial charge on any atom is -0.272 e. The standard InChI is InChI=1S/C4H10NO3PS/c1-10(6,7)8-4-2-3-5-9/h9H,2-4H2,1H3. The Morgan fingerprint density at radius 2 is 2.20 bits per heavy atom. The van der Waals surface area contributed by atoms with Gasteiger partial charge >= 0.3 is 0 Å². The third-order valence-electron chi connectivity index (χ3n) is 0.712. The Balaban J connectivity index is 3.29. The van der Waals surface area contributed by atoms with Gasteiger partial charge in [-0.1, -0.05) is 0 Å². The minimum absolute atomic E-state index is 0.201. The Labute approximate surface area is 63.0 Å². The summed E-state index contributed by atoms with van der Waals surface area (Å²) in [6.45, 7) is 0.763. The first-order valence-corrected chi connectivity index (χ1v) is 5.00. The van der Waals surface area contributed by atoms with Crippen LogP contribution >= 0.6 is 9.03 Å². The summed E-state index contributed by atoms with van der Waals surface area (Å²) in [6.07, 6.45) is 1.63. The van der Waals surface area contributed by atoms with Crippen LogP contribution in [0.5, 0.6) is 0 Å². The van der Waals surface area contributed by atoms with Crippen LogP contribution in [-0.2, 0) is 14.3 Å². The van der Waals surface area contributed by atoms with E-state index < -0.39 is 10.1 Å². The minimum atomic E-state index is -3.26. The van der Waals surface area contributed by atoms with Crippen molar-refractivity contribution in [3.05, 3.63) is 0 Å². The lowest BCUT2D eigenvalue weighted by Gasteiger charge is -1.96. The van der Waals surface area contributed by atoms with Gasteiger partial charge in [0.2, 0.25) is 0 Å². The highest BCUT2D eigenvalue weighted by atomic mass is 32.2. The van der Waals surface area contributed by atoms with Crippen molar-refractivity contribution in [1.29, 1.82) is 0 Å². The summed E-state index contributed by atoms with van der Waals surface area (Å²) in [5, 5.41) is 0. The fourth-order valence-electron chi connectivity index (χ4n) is 0.354. The van der Waals surface area contributed by atoms with Crippen molar-refractivity contribution < 1.29 is 12.6 Å². The molecule has 6 heteroatoms. The molecular formula is C4H10NO3PS. The fraction of sp³-hybridized carbons (Fsp3) is 1.00. The van der Waals surface area contributed by atoms with E-state index >= 15 is 0 Å². The maximum atomic E-state index is 10.3. The summed E-state index contributed by atoms with van der Waals surface area (Å²) in [4.78, 5) is 0. The quantitative estimate of drug-likeness (QED) is 0.358. The Morgan fingerprint density at radius 1 is 1.60 bits per heavy atom. The van der Waals surface area contributed by atoms with Crippen LogP contribution < -0.4 is 0 Å². The molecule has 0 amide bonds. The van der Waals surface area contributed by atoms with E-state index in [4.69, 9.17) is 0 Å². The number of hydrogen-bond acceptors (Lipinski definition) is 4. The topological polar surface area (TPSA) is 55.7 Å². The molecule has 0 fully saturated rings. The molecule has 0 rings (SSSR count). The van der Waals surface area contributed by atoms with Crippen molar-refractivity contribution in [2.24, 2.45) is 4.74 Å². The molecule has 10 heavy (non-hydrogen) atoms. The second-order valence-electron chi connectivity index (χ2n) is 1.76. The summed E-state index contributed by atoms with van der Waals surface area (Å²) in [5.74, 6) is 0. The predicted molar refractivity (Wildman–Crippen MR) is 41.0 cm³/mol. The van der Waals surface area contributed by atoms with E-state index in [0.29, 0.717) is 13.0 Å². The van der Waals surface area contributed by atoms with Crippen LogP contribution in [0.1, 0.15) is 6.42 Å². The summed E-state index contributed by atoms with van der Waals surface area (Å²) >= 11 is 0. The molecule has 0 bridgehead atoms. The maximum absolute atomic E-state index is 10.3. The van der Waals surface area contributed by atoms with Gasteiger partial charge in [0.15, 0.2) is 0 Å². The first kappa shape index (κ1) is 10.0. The molecule has 4 nitrogen and oxygen atoms in total. The highest BCUT2D eigenvalue weighted by molar-refractivity contribution is 7.85. The van der Waals surface area contributed by atoms with E-state index in [9.17, 15) is 8.42 Å². The van der Waals surface area contributed by atoms with Gasteiger partial charge in [-0.15, -0.1) is 0 Å². The summed E-state index contributed by atoms with van der Waals surface area (Å²) in [6, 6.07) is 0. The van der Waals surface area contributed by atoms with E-state index in [1.807, 2.05) is 0 Å². The third-order valence-corrected chi connectivity index (χ3v) is 1.53. The van der Waals surface area contributed by atoms with Gasteiger partial charge in [0.05, 0.1) is 12.9 Å². The van der Waals surface area contributed by atoms with Crippen LogP contribution in [0.25, 0.3) is 0 Å². The SMILES string of the molecule is CS(=O)(=O)OCCCN=P. The molecule has 0 aromatic rings. The Kier molecular flexibility index (Phi) is 4.77. The van der Waals surface area contributed by atoms with Crippen LogP contribution in [-0.4, -0.2) is 27.8 Å². The molecule has 0 aromatic carbocycles. The second-order valence-corrected chi connectivity index (χ2v) is 3.72. The second kappa shape index (κ2) is 4.77. The molecule has 0 aromatic heterocycles. The average Bonchev–Trinajstić information content (AvgIpc) is 1.78. The van der Waals surface area contributed by atoms with Gasteiger partial charge in [0.25, 0.3) is 10.1 Å². The fourth-order valence-corrected chi connectivity index (χ4v) is 0.933. The highest BCUT2D eigenvalue weighted by Gasteiger charge is 1.98. The molecule has 0 aliphatic rings. The van der Waals surface area contributed by atoms with E-state index in [0.717, 1.165) is 6.26 Å². The Bertz CT molecular complexity index is 189. The lowest BCUT2D eigenvalue weighted by Crippen LogP contribution is -2.04. The van der Waals surface area contributed by atoms with Gasteiger partial charge in [0.1, 0.15) is 0 Å². The first-order chi connectivity index (χ1) is 4.56. The molecule has 60 valence electrons. The van der Waals surface area contributed by atoms with Gasteiger partial charge in [-0.25, -0.2) is 0 Å². The van der Waals surface area contributed by atoms with Crippen molar-refractivity contribution in [3.8, 4) is 0 Å². The molecule has 0 saturated carbocycles. The van der Waals surface area contributed by atoms with Crippen molar-refractivity contribution in [2.45, 2.75) is 6.42 Å². The van der Waals surface area contributed by atoms with Crippen LogP contribution in [0.4, 0.5) is 0 Å². The largest absolute Gasteiger partial charge is 0.272 e. The van der Waals surface area contributed by atoms with Crippen molar-refractivity contribution in [3.63, 3.8) is 0 Å². The maximum Gasteiger partial charge on any atom is 0.264 e. The van der Waals surface area contributed by atoms with E-state index in [1.165, 1.54) is 0 Å². The predicted octanol–water partition coefficient (Wildman–Crippen LogP) is 0.679. The van der Waals surface area contributed by atoms with Crippen LogP contribution in [0.3, 0.4) is 0 Å². The molecular weight excluding hydrogens is 173 g/mol. The summed E-state index contributed by atoms with van der Waals surface area (Å²) in [5.41, 5.74) is 0. The zero-order chi connectivity index (χ0) is 8.04. The van der Waals surface area contributed by atoms with Crippen LogP contribution in [0.15, 0.2) is 4.74 Å².